The fraction of sp³-hybridized carbons (Fsp3) is 0.467. The smallest absolute Gasteiger partial charge is 0.326 e. The minimum absolute atomic E-state index is 0.0538. The van der Waals surface area contributed by atoms with E-state index in [1.165, 1.54) is 23.1 Å². The molecule has 3 atom stereocenters. The highest BCUT2D eigenvalue weighted by Gasteiger charge is 2.50. The molecule has 0 radical (unpaired) electrons. The van der Waals surface area contributed by atoms with E-state index >= 15 is 0 Å². The molecular weight excluding hydrogens is 280 g/mol. The zero-order valence-electron chi connectivity index (χ0n) is 11.3. The monoisotopic (exact) mass is 295 g/mol. The molecule has 1 N–H and O–H groups in total. The first-order chi connectivity index (χ1) is 10.0. The molecule has 0 aromatic heterocycles. The average molecular weight is 295 g/mol. The van der Waals surface area contributed by atoms with Crippen molar-refractivity contribution in [2.75, 3.05) is 6.54 Å². The third-order valence-corrected chi connectivity index (χ3v) is 4.30. The van der Waals surface area contributed by atoms with Gasteiger partial charge in [0.05, 0.1) is 0 Å². The number of hydrogen-bond acceptors (Lipinski definition) is 2. The summed E-state index contributed by atoms with van der Waals surface area (Å²) in [5.41, 5.74) is -0.0538. The van der Waals surface area contributed by atoms with Gasteiger partial charge in [0.15, 0.2) is 0 Å². The Morgan fingerprint density at radius 3 is 2.52 bits per heavy atom. The Labute approximate surface area is 120 Å². The van der Waals surface area contributed by atoms with Gasteiger partial charge in [0.1, 0.15) is 17.7 Å². The van der Waals surface area contributed by atoms with Gasteiger partial charge in [-0.1, -0.05) is 6.07 Å². The van der Waals surface area contributed by atoms with Crippen molar-refractivity contribution in [3.05, 3.63) is 35.4 Å². The average Bonchev–Trinajstić information content (AvgIpc) is 3.03. The molecule has 1 aromatic carbocycles. The number of carbonyl (C=O) groups excluding carboxylic acids is 1. The Bertz CT molecular complexity index is 584. The second-order valence-electron chi connectivity index (χ2n) is 5.61. The lowest BCUT2D eigenvalue weighted by molar-refractivity contribution is -0.148. The largest absolute Gasteiger partial charge is 0.480 e. The summed E-state index contributed by atoms with van der Waals surface area (Å²) < 4.78 is 27.4. The number of likely N-dealkylation sites (tertiary alicyclic amines) is 1. The molecular formula is C15H15F2NO3. The van der Waals surface area contributed by atoms with Crippen LogP contribution in [0.1, 0.15) is 30.7 Å². The fourth-order valence-corrected chi connectivity index (χ4v) is 3.15. The number of carboxylic acid groups (broad SMARTS) is 1. The first-order valence-corrected chi connectivity index (χ1v) is 6.98. The Kier molecular flexibility index (Phi) is 3.39. The zero-order valence-corrected chi connectivity index (χ0v) is 11.3. The van der Waals surface area contributed by atoms with Gasteiger partial charge < -0.3 is 10.0 Å². The summed E-state index contributed by atoms with van der Waals surface area (Å²) in [5.74, 6) is -3.59. The first-order valence-electron chi connectivity index (χ1n) is 6.98. The maximum absolute atomic E-state index is 13.7. The van der Waals surface area contributed by atoms with E-state index in [1.54, 1.807) is 0 Å². The molecule has 1 aliphatic heterocycles. The molecule has 21 heavy (non-hydrogen) atoms. The molecule has 0 spiro atoms. The van der Waals surface area contributed by atoms with Crippen LogP contribution in [-0.4, -0.2) is 34.5 Å². The highest BCUT2D eigenvalue weighted by molar-refractivity contribution is 5.88. The van der Waals surface area contributed by atoms with Crippen LogP contribution in [0, 0.1) is 17.6 Å². The Hall–Kier alpha value is -1.98. The number of amides is 1. The van der Waals surface area contributed by atoms with Crippen molar-refractivity contribution in [3.63, 3.8) is 0 Å². The van der Waals surface area contributed by atoms with Gasteiger partial charge in [-0.15, -0.1) is 0 Å². The SMILES string of the molecule is O=C(O)C1CCCN1C(=O)C1CC1c1c(F)cccc1F. The Morgan fingerprint density at radius 1 is 1.24 bits per heavy atom. The minimum atomic E-state index is -1.02. The molecule has 6 heteroatoms. The van der Waals surface area contributed by atoms with Crippen LogP contribution < -0.4 is 0 Å². The summed E-state index contributed by atoms with van der Waals surface area (Å²) in [6.07, 6.45) is 1.46. The van der Waals surface area contributed by atoms with E-state index in [4.69, 9.17) is 5.11 Å². The van der Waals surface area contributed by atoms with Gasteiger partial charge >= 0.3 is 5.97 Å². The number of aliphatic carboxylic acids is 1. The third-order valence-electron chi connectivity index (χ3n) is 4.30. The molecule has 3 unspecified atom stereocenters. The molecule has 1 saturated heterocycles. The lowest BCUT2D eigenvalue weighted by atomic mass is 10.1. The molecule has 1 heterocycles. The van der Waals surface area contributed by atoms with Gasteiger partial charge in [0.2, 0.25) is 5.91 Å². The van der Waals surface area contributed by atoms with Crippen molar-refractivity contribution in [2.45, 2.75) is 31.2 Å². The van der Waals surface area contributed by atoms with Gasteiger partial charge in [-0.05, 0) is 31.4 Å². The molecule has 3 rings (SSSR count). The van der Waals surface area contributed by atoms with Gasteiger partial charge in [-0.25, -0.2) is 13.6 Å². The van der Waals surface area contributed by atoms with Crippen molar-refractivity contribution in [1.29, 1.82) is 0 Å². The molecule has 1 saturated carbocycles. The quantitative estimate of drug-likeness (QED) is 0.929. The van der Waals surface area contributed by atoms with E-state index in [1.807, 2.05) is 0 Å². The highest BCUT2D eigenvalue weighted by atomic mass is 19.1. The molecule has 1 amide bonds. The normalized spacial score (nSPS) is 27.7. The molecule has 0 bridgehead atoms. The number of nitrogens with zero attached hydrogens (tertiary/aromatic N) is 1. The zero-order chi connectivity index (χ0) is 15.1. The van der Waals surface area contributed by atoms with E-state index < -0.39 is 35.5 Å². The van der Waals surface area contributed by atoms with Gasteiger partial charge in [0.25, 0.3) is 0 Å². The number of hydrogen-bond donors (Lipinski definition) is 1. The summed E-state index contributed by atoms with van der Waals surface area (Å²) in [4.78, 5) is 24.8. The van der Waals surface area contributed by atoms with E-state index in [2.05, 4.69) is 0 Å². The summed E-state index contributed by atoms with van der Waals surface area (Å²) >= 11 is 0. The fourth-order valence-electron chi connectivity index (χ4n) is 3.15. The van der Waals surface area contributed by atoms with Crippen molar-refractivity contribution in [1.82, 2.24) is 4.90 Å². The Morgan fingerprint density at radius 2 is 1.90 bits per heavy atom. The highest BCUT2D eigenvalue weighted by Crippen LogP contribution is 2.50. The van der Waals surface area contributed by atoms with E-state index in [-0.39, 0.29) is 11.5 Å². The first kappa shape index (κ1) is 14.0. The van der Waals surface area contributed by atoms with Crippen LogP contribution in [0.15, 0.2) is 18.2 Å². The van der Waals surface area contributed by atoms with Crippen LogP contribution in [0.5, 0.6) is 0 Å². The van der Waals surface area contributed by atoms with Crippen LogP contribution in [0.4, 0.5) is 8.78 Å². The minimum Gasteiger partial charge on any atom is -0.480 e. The summed E-state index contributed by atoms with van der Waals surface area (Å²) in [7, 11) is 0. The van der Waals surface area contributed by atoms with Crippen molar-refractivity contribution < 1.29 is 23.5 Å². The Balaban J connectivity index is 1.76. The number of benzene rings is 1. The lowest BCUT2D eigenvalue weighted by Crippen LogP contribution is -2.41. The van der Waals surface area contributed by atoms with E-state index in [9.17, 15) is 18.4 Å². The molecule has 112 valence electrons. The molecule has 1 aliphatic carbocycles. The molecule has 2 aliphatic rings. The van der Waals surface area contributed by atoms with Crippen LogP contribution in [-0.2, 0) is 9.59 Å². The molecule has 1 aromatic rings. The predicted molar refractivity (Wildman–Crippen MR) is 69.6 cm³/mol. The second-order valence-corrected chi connectivity index (χ2v) is 5.61. The maximum Gasteiger partial charge on any atom is 0.326 e. The van der Waals surface area contributed by atoms with E-state index in [0.29, 0.717) is 25.8 Å². The topological polar surface area (TPSA) is 57.6 Å². The number of rotatable bonds is 3. The van der Waals surface area contributed by atoms with Crippen LogP contribution in [0.3, 0.4) is 0 Å². The van der Waals surface area contributed by atoms with Crippen LogP contribution >= 0.6 is 0 Å². The van der Waals surface area contributed by atoms with Crippen molar-refractivity contribution in [2.24, 2.45) is 5.92 Å². The number of carboxylic acids is 1. The summed E-state index contributed by atoms with van der Waals surface area (Å²) in [6, 6.07) is 2.83. The van der Waals surface area contributed by atoms with Crippen LogP contribution in [0.25, 0.3) is 0 Å². The number of halogens is 2. The van der Waals surface area contributed by atoms with E-state index in [0.717, 1.165) is 0 Å². The van der Waals surface area contributed by atoms with Gasteiger partial charge in [-0.2, -0.15) is 0 Å². The third kappa shape index (κ3) is 2.39. The predicted octanol–water partition coefficient (Wildman–Crippen LogP) is 2.14. The maximum atomic E-state index is 13.7. The summed E-state index contributed by atoms with van der Waals surface area (Å²) in [5, 5.41) is 9.09. The van der Waals surface area contributed by atoms with Crippen molar-refractivity contribution in [3.8, 4) is 0 Å². The van der Waals surface area contributed by atoms with Gasteiger partial charge in [0, 0.05) is 23.9 Å². The van der Waals surface area contributed by atoms with Crippen LogP contribution in [0.2, 0.25) is 0 Å². The molecule has 4 nitrogen and oxygen atoms in total. The van der Waals surface area contributed by atoms with Gasteiger partial charge in [-0.3, -0.25) is 4.79 Å². The lowest BCUT2D eigenvalue weighted by Gasteiger charge is -2.21. The second kappa shape index (κ2) is 5.09. The van der Waals surface area contributed by atoms with Crippen molar-refractivity contribution >= 4 is 11.9 Å². The molecule has 2 fully saturated rings. The number of carbonyl (C=O) groups is 2. The summed E-state index contributed by atoms with van der Waals surface area (Å²) in [6.45, 7) is 0.402. The standard InChI is InChI=1S/C15H15F2NO3/c16-10-3-1-4-11(17)13(10)8-7-9(8)14(19)18-6-2-5-12(18)15(20)21/h1,3-4,8-9,12H,2,5-7H2,(H,20,21).